The van der Waals surface area contributed by atoms with Crippen molar-refractivity contribution in [2.24, 2.45) is 0 Å². The van der Waals surface area contributed by atoms with E-state index in [1.165, 1.54) is 4.90 Å². The van der Waals surface area contributed by atoms with Crippen LogP contribution in [0.15, 0.2) is 42.5 Å². The third kappa shape index (κ3) is 7.21. The highest BCUT2D eigenvalue weighted by atomic mass is 35.5. The van der Waals surface area contributed by atoms with Crippen molar-refractivity contribution >= 4 is 39.1 Å². The molecule has 186 valence electrons. The predicted octanol–water partition coefficient (Wildman–Crippen LogP) is 4.05. The number of aryl methyl sites for hydroxylation is 2. The van der Waals surface area contributed by atoms with Gasteiger partial charge in [-0.15, -0.1) is 0 Å². The molecule has 2 aromatic rings. The van der Waals surface area contributed by atoms with Gasteiger partial charge in [0.05, 0.1) is 11.9 Å². The Hall–Kier alpha value is -2.58. The molecular formula is C25H34ClN3O4S. The Morgan fingerprint density at radius 1 is 1.06 bits per heavy atom. The van der Waals surface area contributed by atoms with E-state index in [-0.39, 0.29) is 18.5 Å². The molecule has 0 saturated carbocycles. The van der Waals surface area contributed by atoms with Crippen LogP contribution in [0.5, 0.6) is 0 Å². The normalized spacial score (nSPS) is 13.1. The van der Waals surface area contributed by atoms with Gasteiger partial charge >= 0.3 is 0 Å². The molecule has 0 unspecified atom stereocenters. The molecule has 0 bridgehead atoms. The molecular weight excluding hydrogens is 474 g/mol. The van der Waals surface area contributed by atoms with Crippen LogP contribution in [0.1, 0.15) is 43.9 Å². The number of anilines is 1. The van der Waals surface area contributed by atoms with Crippen LogP contribution in [-0.4, -0.2) is 50.0 Å². The van der Waals surface area contributed by atoms with Gasteiger partial charge in [0, 0.05) is 17.6 Å². The first-order chi connectivity index (χ1) is 15.8. The van der Waals surface area contributed by atoms with E-state index >= 15 is 0 Å². The number of halogens is 1. The molecule has 0 aliphatic carbocycles. The number of nitrogens with one attached hydrogen (secondary N) is 1. The van der Waals surface area contributed by atoms with Gasteiger partial charge in [-0.25, -0.2) is 8.42 Å². The monoisotopic (exact) mass is 507 g/mol. The third-order valence-electron chi connectivity index (χ3n) is 5.88. The minimum atomic E-state index is -3.79. The highest BCUT2D eigenvalue weighted by Gasteiger charge is 2.31. The number of carbonyl (C=O) groups excluding carboxylic acids is 2. The predicted molar refractivity (Wildman–Crippen MR) is 137 cm³/mol. The van der Waals surface area contributed by atoms with Crippen LogP contribution in [0.2, 0.25) is 5.02 Å². The van der Waals surface area contributed by atoms with Gasteiger partial charge in [0.1, 0.15) is 12.6 Å². The van der Waals surface area contributed by atoms with Crippen LogP contribution < -0.4 is 9.62 Å². The molecule has 9 heteroatoms. The second-order valence-electron chi connectivity index (χ2n) is 8.64. The van der Waals surface area contributed by atoms with Crippen molar-refractivity contribution in [1.29, 1.82) is 0 Å². The summed E-state index contributed by atoms with van der Waals surface area (Å²) in [6.45, 7) is 8.92. The quantitative estimate of drug-likeness (QED) is 0.525. The van der Waals surface area contributed by atoms with Crippen LogP contribution in [-0.2, 0) is 26.2 Å². The Bertz CT molecular complexity index is 1140. The third-order valence-corrected chi connectivity index (χ3v) is 7.24. The topological polar surface area (TPSA) is 86.8 Å². The van der Waals surface area contributed by atoms with Gasteiger partial charge in [-0.3, -0.25) is 13.9 Å². The first-order valence-electron chi connectivity index (χ1n) is 11.2. The molecule has 0 heterocycles. The summed E-state index contributed by atoms with van der Waals surface area (Å²) in [5.41, 5.74) is 2.85. The summed E-state index contributed by atoms with van der Waals surface area (Å²) in [4.78, 5) is 27.9. The second kappa shape index (κ2) is 11.7. The molecule has 2 aromatic carbocycles. The lowest BCUT2D eigenvalue weighted by atomic mass is 10.1. The zero-order chi connectivity index (χ0) is 25.6. The molecule has 34 heavy (non-hydrogen) atoms. The van der Waals surface area contributed by atoms with E-state index in [0.29, 0.717) is 16.3 Å². The van der Waals surface area contributed by atoms with Gasteiger partial charge in [-0.05, 0) is 69.0 Å². The first-order valence-corrected chi connectivity index (χ1v) is 13.5. The van der Waals surface area contributed by atoms with Crippen molar-refractivity contribution in [2.75, 3.05) is 17.1 Å². The summed E-state index contributed by atoms with van der Waals surface area (Å²) < 4.78 is 26.4. The first kappa shape index (κ1) is 27.7. The van der Waals surface area contributed by atoms with Crippen molar-refractivity contribution in [3.05, 3.63) is 64.2 Å². The Balaban J connectivity index is 2.43. The summed E-state index contributed by atoms with van der Waals surface area (Å²) in [7, 11) is -3.79. The number of carbonyl (C=O) groups is 2. The number of sulfonamides is 1. The van der Waals surface area contributed by atoms with Crippen LogP contribution in [0.4, 0.5) is 5.69 Å². The lowest BCUT2D eigenvalue weighted by Crippen LogP contribution is -2.52. The van der Waals surface area contributed by atoms with Crippen LogP contribution in [0.3, 0.4) is 0 Å². The van der Waals surface area contributed by atoms with Crippen LogP contribution >= 0.6 is 11.6 Å². The fourth-order valence-corrected chi connectivity index (χ4v) is 4.65. The van der Waals surface area contributed by atoms with E-state index in [0.717, 1.165) is 28.1 Å². The molecule has 0 aromatic heterocycles. The molecule has 0 saturated heterocycles. The van der Waals surface area contributed by atoms with Gasteiger partial charge in [0.25, 0.3) is 0 Å². The second-order valence-corrected chi connectivity index (χ2v) is 11.0. The van der Waals surface area contributed by atoms with Gasteiger partial charge < -0.3 is 10.2 Å². The number of hydrogen-bond donors (Lipinski definition) is 1. The van der Waals surface area contributed by atoms with Crippen molar-refractivity contribution in [3.8, 4) is 0 Å². The zero-order valence-electron chi connectivity index (χ0n) is 20.6. The van der Waals surface area contributed by atoms with Gasteiger partial charge in [-0.2, -0.15) is 0 Å². The number of nitrogens with zero attached hydrogens (tertiary/aromatic N) is 2. The zero-order valence-corrected chi connectivity index (χ0v) is 22.2. The molecule has 0 aliphatic rings. The minimum absolute atomic E-state index is 0.0467. The summed E-state index contributed by atoms with van der Waals surface area (Å²) >= 11 is 6.04. The molecule has 0 aliphatic heterocycles. The molecule has 7 nitrogen and oxygen atoms in total. The summed E-state index contributed by atoms with van der Waals surface area (Å²) in [5.74, 6) is -0.764. The molecule has 2 atom stereocenters. The van der Waals surface area contributed by atoms with E-state index in [1.54, 1.807) is 32.0 Å². The molecule has 0 fully saturated rings. The highest BCUT2D eigenvalue weighted by Crippen LogP contribution is 2.26. The van der Waals surface area contributed by atoms with E-state index in [2.05, 4.69) is 5.32 Å². The van der Waals surface area contributed by atoms with Crippen LogP contribution in [0.25, 0.3) is 0 Å². The van der Waals surface area contributed by atoms with E-state index < -0.39 is 28.5 Å². The van der Waals surface area contributed by atoms with Crippen LogP contribution in [0, 0.1) is 13.8 Å². The number of amides is 2. The average molecular weight is 508 g/mol. The summed E-state index contributed by atoms with van der Waals surface area (Å²) in [6, 6.07) is 11.6. The van der Waals surface area contributed by atoms with Crippen molar-refractivity contribution in [3.63, 3.8) is 0 Å². The van der Waals surface area contributed by atoms with E-state index in [9.17, 15) is 18.0 Å². The van der Waals surface area contributed by atoms with E-state index in [4.69, 9.17) is 11.6 Å². The van der Waals surface area contributed by atoms with Crippen molar-refractivity contribution in [2.45, 2.75) is 59.7 Å². The Labute approximate surface area is 208 Å². The minimum Gasteiger partial charge on any atom is -0.352 e. The molecule has 0 spiro atoms. The maximum Gasteiger partial charge on any atom is 0.244 e. The number of benzene rings is 2. The maximum atomic E-state index is 13.6. The molecule has 0 radical (unpaired) electrons. The fourth-order valence-electron chi connectivity index (χ4n) is 3.51. The smallest absolute Gasteiger partial charge is 0.244 e. The number of hydrogen-bond acceptors (Lipinski definition) is 4. The lowest BCUT2D eigenvalue weighted by molar-refractivity contribution is -0.139. The summed E-state index contributed by atoms with van der Waals surface area (Å²) in [6.07, 6.45) is 1.81. The Morgan fingerprint density at radius 3 is 2.26 bits per heavy atom. The van der Waals surface area contributed by atoms with Crippen molar-refractivity contribution in [1.82, 2.24) is 10.2 Å². The SMILES string of the molecule is CC[C@@H](C)NC(=O)[C@H](C)N(Cc1ccccc1C)C(=O)CN(c1ccc(Cl)cc1C)S(C)(=O)=O. The summed E-state index contributed by atoms with van der Waals surface area (Å²) in [5, 5.41) is 3.39. The molecule has 2 amide bonds. The van der Waals surface area contributed by atoms with E-state index in [1.807, 2.05) is 45.0 Å². The Morgan fingerprint density at radius 2 is 1.71 bits per heavy atom. The van der Waals surface area contributed by atoms with Gasteiger partial charge in [-0.1, -0.05) is 42.8 Å². The maximum absolute atomic E-state index is 13.6. The van der Waals surface area contributed by atoms with Gasteiger partial charge in [0.15, 0.2) is 0 Å². The van der Waals surface area contributed by atoms with Crippen molar-refractivity contribution < 1.29 is 18.0 Å². The Kier molecular flexibility index (Phi) is 9.53. The molecule has 2 rings (SSSR count). The lowest BCUT2D eigenvalue weighted by Gasteiger charge is -2.32. The molecule has 1 N–H and O–H groups in total. The standard InChI is InChI=1S/C25H34ClN3O4S/c1-7-19(4)27-25(31)20(5)28(15-21-11-9-8-10-17(21)2)24(30)16-29(34(6,32)33)23-13-12-22(26)14-18(23)3/h8-14,19-20H,7,15-16H2,1-6H3,(H,27,31)/t19-,20+/m1/s1. The fraction of sp³-hybridized carbons (Fsp3) is 0.440. The largest absolute Gasteiger partial charge is 0.352 e. The van der Waals surface area contributed by atoms with Gasteiger partial charge in [0.2, 0.25) is 21.8 Å². The highest BCUT2D eigenvalue weighted by molar-refractivity contribution is 7.92. The average Bonchev–Trinajstić information content (AvgIpc) is 2.76. The number of rotatable bonds is 10.